The maximum Gasteiger partial charge on any atom is 0.123 e. The molecule has 1 N–H and O–H groups in total. The van der Waals surface area contributed by atoms with Gasteiger partial charge in [-0.05, 0) is 66.7 Å². The third kappa shape index (κ3) is 3.73. The van der Waals surface area contributed by atoms with E-state index in [-0.39, 0.29) is 6.04 Å². The van der Waals surface area contributed by atoms with Crippen LogP contribution in [0.5, 0.6) is 5.75 Å². The van der Waals surface area contributed by atoms with Gasteiger partial charge in [-0.1, -0.05) is 29.8 Å². The van der Waals surface area contributed by atoms with Crippen molar-refractivity contribution in [2.24, 2.45) is 0 Å². The van der Waals surface area contributed by atoms with Crippen molar-refractivity contribution in [1.29, 1.82) is 0 Å². The maximum absolute atomic E-state index is 5.50. The number of nitrogens with one attached hydrogen (secondary N) is 1. The fourth-order valence-corrected chi connectivity index (χ4v) is 2.71. The molecule has 0 saturated carbocycles. The number of benzene rings is 2. The number of halogens is 1. The summed E-state index contributed by atoms with van der Waals surface area (Å²) in [4.78, 5) is 0. The first-order valence-corrected chi connectivity index (χ1v) is 7.78. The van der Waals surface area contributed by atoms with E-state index in [1.165, 1.54) is 20.3 Å². The first-order valence-electron chi connectivity index (χ1n) is 6.70. The molecular weight excluding hydrogens is 361 g/mol. The lowest BCUT2D eigenvalue weighted by atomic mass is 9.97. The minimum absolute atomic E-state index is 0.255. The van der Waals surface area contributed by atoms with E-state index >= 15 is 0 Å². The number of aryl methyl sites for hydroxylation is 1. The van der Waals surface area contributed by atoms with Crippen LogP contribution in [0.4, 0.5) is 0 Å². The standard InChI is InChI=1S/C17H20INO/c1-12-4-9-17(20-3)15(10-12)16(19-2)11-13-5-7-14(18)8-6-13/h4-10,16,19H,11H2,1-3H3. The number of ether oxygens (including phenoxy) is 1. The van der Waals surface area contributed by atoms with Crippen LogP contribution in [0.15, 0.2) is 42.5 Å². The summed E-state index contributed by atoms with van der Waals surface area (Å²) in [5, 5.41) is 3.40. The molecule has 1 atom stereocenters. The average Bonchev–Trinajstić information content (AvgIpc) is 2.46. The number of hydrogen-bond donors (Lipinski definition) is 1. The normalized spacial score (nSPS) is 12.2. The molecule has 20 heavy (non-hydrogen) atoms. The predicted octanol–water partition coefficient (Wildman–Crippen LogP) is 4.11. The molecule has 0 spiro atoms. The minimum atomic E-state index is 0.255. The van der Waals surface area contributed by atoms with Gasteiger partial charge in [-0.25, -0.2) is 0 Å². The molecule has 1 unspecified atom stereocenters. The maximum atomic E-state index is 5.50. The first kappa shape index (κ1) is 15.3. The van der Waals surface area contributed by atoms with Gasteiger partial charge in [0.2, 0.25) is 0 Å². The van der Waals surface area contributed by atoms with Gasteiger partial charge in [-0.3, -0.25) is 0 Å². The second kappa shape index (κ2) is 7.09. The van der Waals surface area contributed by atoms with E-state index in [4.69, 9.17) is 4.74 Å². The van der Waals surface area contributed by atoms with E-state index < -0.39 is 0 Å². The lowest BCUT2D eigenvalue weighted by molar-refractivity contribution is 0.401. The summed E-state index contributed by atoms with van der Waals surface area (Å²) in [7, 11) is 3.73. The highest BCUT2D eigenvalue weighted by molar-refractivity contribution is 14.1. The topological polar surface area (TPSA) is 21.3 Å². The summed E-state index contributed by atoms with van der Waals surface area (Å²) in [5.41, 5.74) is 3.80. The van der Waals surface area contributed by atoms with Crippen LogP contribution in [0.25, 0.3) is 0 Å². The van der Waals surface area contributed by atoms with Gasteiger partial charge < -0.3 is 10.1 Å². The van der Waals surface area contributed by atoms with Crippen molar-refractivity contribution >= 4 is 22.6 Å². The van der Waals surface area contributed by atoms with Crippen LogP contribution in [0, 0.1) is 10.5 Å². The molecule has 0 aliphatic heterocycles. The smallest absolute Gasteiger partial charge is 0.123 e. The van der Waals surface area contributed by atoms with Crippen LogP contribution in [-0.2, 0) is 6.42 Å². The quantitative estimate of drug-likeness (QED) is 0.788. The molecule has 2 rings (SSSR count). The largest absolute Gasteiger partial charge is 0.496 e. The molecule has 0 fully saturated rings. The third-order valence-corrected chi connectivity index (χ3v) is 4.18. The van der Waals surface area contributed by atoms with E-state index in [1.54, 1.807) is 7.11 Å². The highest BCUT2D eigenvalue weighted by Gasteiger charge is 2.15. The third-order valence-electron chi connectivity index (χ3n) is 3.46. The fourth-order valence-electron chi connectivity index (χ4n) is 2.35. The SMILES string of the molecule is CNC(Cc1ccc(I)cc1)c1cc(C)ccc1OC. The van der Waals surface area contributed by atoms with Crippen LogP contribution >= 0.6 is 22.6 Å². The molecule has 2 aromatic carbocycles. The van der Waals surface area contributed by atoms with Crippen LogP contribution in [0.2, 0.25) is 0 Å². The Bertz CT molecular complexity index is 566. The summed E-state index contributed by atoms with van der Waals surface area (Å²) in [6, 6.07) is 15.3. The molecule has 0 aromatic heterocycles. The zero-order valence-electron chi connectivity index (χ0n) is 12.1. The van der Waals surface area contributed by atoms with Crippen LogP contribution in [0.3, 0.4) is 0 Å². The fraction of sp³-hybridized carbons (Fsp3) is 0.294. The van der Waals surface area contributed by atoms with Crippen molar-refractivity contribution in [1.82, 2.24) is 5.32 Å². The number of likely N-dealkylation sites (N-methyl/N-ethyl adjacent to an activating group) is 1. The van der Waals surface area contributed by atoms with Gasteiger partial charge in [-0.2, -0.15) is 0 Å². The molecule has 3 heteroatoms. The van der Waals surface area contributed by atoms with Crippen LogP contribution in [-0.4, -0.2) is 14.2 Å². The van der Waals surface area contributed by atoms with E-state index in [2.05, 4.69) is 71.2 Å². The Morgan fingerprint density at radius 1 is 1.15 bits per heavy atom. The van der Waals surface area contributed by atoms with Crippen LogP contribution in [0.1, 0.15) is 22.7 Å². The Balaban J connectivity index is 2.28. The molecule has 0 heterocycles. The first-order chi connectivity index (χ1) is 9.63. The van der Waals surface area contributed by atoms with Gasteiger partial charge in [0.25, 0.3) is 0 Å². The molecule has 2 nitrogen and oxygen atoms in total. The number of methoxy groups -OCH3 is 1. The van der Waals surface area contributed by atoms with Gasteiger partial charge in [0.05, 0.1) is 7.11 Å². The molecular formula is C17H20INO. The molecule has 0 saturated heterocycles. The van der Waals surface area contributed by atoms with Gasteiger partial charge >= 0.3 is 0 Å². The van der Waals surface area contributed by atoms with Crippen molar-refractivity contribution in [2.45, 2.75) is 19.4 Å². The van der Waals surface area contributed by atoms with Crippen LogP contribution < -0.4 is 10.1 Å². The van der Waals surface area contributed by atoms with E-state index in [1.807, 2.05) is 13.1 Å². The van der Waals surface area contributed by atoms with E-state index in [9.17, 15) is 0 Å². The Hall–Kier alpha value is -1.07. The summed E-state index contributed by atoms with van der Waals surface area (Å²) in [5.74, 6) is 0.945. The molecule has 0 aliphatic carbocycles. The van der Waals surface area contributed by atoms with Gasteiger partial charge in [-0.15, -0.1) is 0 Å². The zero-order valence-corrected chi connectivity index (χ0v) is 14.3. The zero-order chi connectivity index (χ0) is 14.5. The Labute approximate surface area is 134 Å². The van der Waals surface area contributed by atoms with Gasteiger partial charge in [0.1, 0.15) is 5.75 Å². The van der Waals surface area contributed by atoms with E-state index in [0.29, 0.717) is 0 Å². The summed E-state index contributed by atoms with van der Waals surface area (Å²) < 4.78 is 6.76. The van der Waals surface area contributed by atoms with Crippen molar-refractivity contribution in [3.05, 3.63) is 62.7 Å². The molecule has 0 aliphatic rings. The summed E-state index contributed by atoms with van der Waals surface area (Å²) in [6.07, 6.45) is 0.952. The molecule has 0 bridgehead atoms. The molecule has 2 aromatic rings. The van der Waals surface area contributed by atoms with Gasteiger partial charge in [0, 0.05) is 15.2 Å². The number of hydrogen-bond acceptors (Lipinski definition) is 2. The Kier molecular flexibility index (Phi) is 5.43. The second-order valence-electron chi connectivity index (χ2n) is 4.92. The summed E-state index contributed by atoms with van der Waals surface area (Å²) in [6.45, 7) is 2.11. The van der Waals surface area contributed by atoms with Crippen molar-refractivity contribution in [3.63, 3.8) is 0 Å². The van der Waals surface area contributed by atoms with Gasteiger partial charge in [0.15, 0.2) is 0 Å². The number of rotatable bonds is 5. The Morgan fingerprint density at radius 3 is 2.45 bits per heavy atom. The second-order valence-corrected chi connectivity index (χ2v) is 6.16. The highest BCUT2D eigenvalue weighted by Crippen LogP contribution is 2.28. The van der Waals surface area contributed by atoms with Crippen molar-refractivity contribution < 1.29 is 4.74 Å². The van der Waals surface area contributed by atoms with Crippen molar-refractivity contribution in [3.8, 4) is 5.75 Å². The molecule has 106 valence electrons. The highest BCUT2D eigenvalue weighted by atomic mass is 127. The summed E-state index contributed by atoms with van der Waals surface area (Å²) >= 11 is 2.33. The average molecular weight is 381 g/mol. The minimum Gasteiger partial charge on any atom is -0.496 e. The lowest BCUT2D eigenvalue weighted by Gasteiger charge is -2.20. The molecule has 0 amide bonds. The molecule has 0 radical (unpaired) electrons. The predicted molar refractivity (Wildman–Crippen MR) is 92.4 cm³/mol. The monoisotopic (exact) mass is 381 g/mol. The van der Waals surface area contributed by atoms with E-state index in [0.717, 1.165) is 12.2 Å². The lowest BCUT2D eigenvalue weighted by Crippen LogP contribution is -2.19. The van der Waals surface area contributed by atoms with Crippen molar-refractivity contribution in [2.75, 3.05) is 14.2 Å². The Morgan fingerprint density at radius 2 is 1.85 bits per heavy atom.